The fourth-order valence-electron chi connectivity index (χ4n) is 6.03. The molecule has 198 valence electrons. The Labute approximate surface area is 209 Å². The van der Waals surface area contributed by atoms with Crippen LogP contribution in [0.2, 0.25) is 0 Å². The van der Waals surface area contributed by atoms with E-state index in [4.69, 9.17) is 5.73 Å². The molecule has 37 heavy (non-hydrogen) atoms. The quantitative estimate of drug-likeness (QED) is 0.480. The van der Waals surface area contributed by atoms with Gasteiger partial charge >= 0.3 is 6.36 Å². The molecule has 1 spiro atoms. The standard InChI is InChI=1S/C24H26F3N5O5/c25-24(26,27)37-10-18(33)14(6-13-3-5-30-21(13)35)15-8-23(15)9-17(19(28)34)32(11-23)22(36)16-7-12-2-1-4-29-20(12)31-16/h1-2,4,7,13-15,17H,3,5-6,8-11H2,(H2,28,34)(H,29,31)(H,30,35)/t13-,14+,15?,17?,23?/m1/s1. The van der Waals surface area contributed by atoms with Crippen molar-refractivity contribution in [1.29, 1.82) is 0 Å². The second kappa shape index (κ2) is 9.12. The van der Waals surface area contributed by atoms with Crippen LogP contribution in [0.3, 0.4) is 0 Å². The Kier molecular flexibility index (Phi) is 6.21. The number of nitrogens with one attached hydrogen (secondary N) is 2. The largest absolute Gasteiger partial charge is 0.522 e. The number of amides is 3. The van der Waals surface area contributed by atoms with Crippen LogP contribution in [0.25, 0.3) is 11.0 Å². The van der Waals surface area contributed by atoms with Gasteiger partial charge in [0.15, 0.2) is 5.78 Å². The summed E-state index contributed by atoms with van der Waals surface area (Å²) in [5, 5.41) is 3.39. The van der Waals surface area contributed by atoms with Crippen LogP contribution in [0, 0.1) is 23.2 Å². The van der Waals surface area contributed by atoms with E-state index in [-0.39, 0.29) is 31.0 Å². The van der Waals surface area contributed by atoms with Crippen molar-refractivity contribution in [3.63, 3.8) is 0 Å². The molecule has 1 saturated carbocycles. The third kappa shape index (κ3) is 4.91. The Morgan fingerprint density at radius 3 is 2.73 bits per heavy atom. The molecule has 10 nitrogen and oxygen atoms in total. The predicted octanol–water partition coefficient (Wildman–Crippen LogP) is 1.52. The number of aromatic nitrogens is 2. The highest BCUT2D eigenvalue weighted by molar-refractivity contribution is 6.00. The van der Waals surface area contributed by atoms with Crippen LogP contribution < -0.4 is 11.1 Å². The minimum atomic E-state index is -4.96. The Bertz CT molecular complexity index is 1230. The maximum Gasteiger partial charge on any atom is 0.522 e. The number of nitrogens with zero attached hydrogens (tertiary/aromatic N) is 2. The number of rotatable bonds is 8. The second-order valence-corrected chi connectivity index (χ2v) is 10.2. The minimum Gasteiger partial charge on any atom is -0.368 e. The molecule has 4 N–H and O–H groups in total. The maximum absolute atomic E-state index is 13.4. The number of ether oxygens (including phenoxy) is 1. The van der Waals surface area contributed by atoms with Gasteiger partial charge in [-0.15, -0.1) is 13.2 Å². The number of aromatic amines is 1. The molecule has 5 atom stereocenters. The van der Waals surface area contributed by atoms with Crippen LogP contribution >= 0.6 is 0 Å². The normalized spacial score (nSPS) is 28.0. The Morgan fingerprint density at radius 2 is 2.08 bits per heavy atom. The molecular weight excluding hydrogens is 495 g/mol. The van der Waals surface area contributed by atoms with E-state index in [0.29, 0.717) is 30.4 Å². The first kappa shape index (κ1) is 25.2. The lowest BCUT2D eigenvalue weighted by Crippen LogP contribution is -2.43. The number of carbonyl (C=O) groups excluding carboxylic acids is 4. The first-order chi connectivity index (χ1) is 17.5. The average Bonchev–Trinajstić information content (AvgIpc) is 3.18. The van der Waals surface area contributed by atoms with Crippen LogP contribution in [0.1, 0.15) is 36.2 Å². The molecule has 2 aliphatic heterocycles. The first-order valence-corrected chi connectivity index (χ1v) is 12.0. The molecule has 3 aliphatic rings. The molecule has 13 heteroatoms. The van der Waals surface area contributed by atoms with Crippen molar-refractivity contribution in [2.24, 2.45) is 28.9 Å². The van der Waals surface area contributed by atoms with Crippen molar-refractivity contribution in [3.8, 4) is 0 Å². The van der Waals surface area contributed by atoms with Gasteiger partial charge in [-0.05, 0) is 55.2 Å². The highest BCUT2D eigenvalue weighted by Crippen LogP contribution is 2.64. The number of carbonyl (C=O) groups is 4. The highest BCUT2D eigenvalue weighted by Gasteiger charge is 2.65. The van der Waals surface area contributed by atoms with Gasteiger partial charge in [0.2, 0.25) is 11.8 Å². The van der Waals surface area contributed by atoms with E-state index in [2.05, 4.69) is 20.0 Å². The van der Waals surface area contributed by atoms with E-state index in [1.165, 1.54) is 4.90 Å². The van der Waals surface area contributed by atoms with Gasteiger partial charge in [-0.2, -0.15) is 0 Å². The van der Waals surface area contributed by atoms with Gasteiger partial charge < -0.3 is 20.9 Å². The summed E-state index contributed by atoms with van der Waals surface area (Å²) in [6.45, 7) is -0.600. The van der Waals surface area contributed by atoms with E-state index in [0.717, 1.165) is 0 Å². The number of fused-ring (bicyclic) bond motifs is 1. The Balaban J connectivity index is 1.37. The SMILES string of the molecule is NC(=O)C1CC2(CC2[C@H](C[C@H]2CCNC2=O)C(=O)COC(F)(F)F)CN1C(=O)c1cc2cccnc2[nH]1. The van der Waals surface area contributed by atoms with Crippen LogP contribution in [0.5, 0.6) is 0 Å². The number of likely N-dealkylation sites (tertiary alicyclic amines) is 1. The third-order valence-corrected chi connectivity index (χ3v) is 7.90. The zero-order valence-electron chi connectivity index (χ0n) is 19.7. The summed E-state index contributed by atoms with van der Waals surface area (Å²) in [5.74, 6) is -3.93. The molecular formula is C24H26F3N5O5. The second-order valence-electron chi connectivity index (χ2n) is 10.2. The van der Waals surface area contributed by atoms with Gasteiger partial charge in [0.1, 0.15) is 24.0 Å². The lowest BCUT2D eigenvalue weighted by molar-refractivity contribution is -0.321. The van der Waals surface area contributed by atoms with Crippen LogP contribution in [-0.2, 0) is 19.1 Å². The third-order valence-electron chi connectivity index (χ3n) is 7.90. The van der Waals surface area contributed by atoms with Crippen molar-refractivity contribution in [3.05, 3.63) is 30.1 Å². The lowest BCUT2D eigenvalue weighted by Gasteiger charge is -2.22. The highest BCUT2D eigenvalue weighted by atomic mass is 19.4. The monoisotopic (exact) mass is 521 g/mol. The number of halogens is 3. The fraction of sp³-hybridized carbons (Fsp3) is 0.542. The fourth-order valence-corrected chi connectivity index (χ4v) is 6.03. The molecule has 2 saturated heterocycles. The van der Waals surface area contributed by atoms with E-state index < -0.39 is 59.8 Å². The van der Waals surface area contributed by atoms with Crippen LogP contribution in [0.4, 0.5) is 13.2 Å². The van der Waals surface area contributed by atoms with E-state index in [9.17, 15) is 32.3 Å². The number of ketones is 1. The number of hydrogen-bond acceptors (Lipinski definition) is 6. The summed E-state index contributed by atoms with van der Waals surface area (Å²) >= 11 is 0. The van der Waals surface area contributed by atoms with Gasteiger partial charge in [-0.1, -0.05) is 0 Å². The number of nitrogens with two attached hydrogens (primary N) is 1. The summed E-state index contributed by atoms with van der Waals surface area (Å²) in [5.41, 5.74) is 5.71. The van der Waals surface area contributed by atoms with Crippen molar-refractivity contribution in [2.75, 3.05) is 19.7 Å². The molecule has 3 unspecified atom stereocenters. The van der Waals surface area contributed by atoms with Crippen LogP contribution in [-0.4, -0.2) is 70.5 Å². The Hall–Kier alpha value is -3.48. The summed E-state index contributed by atoms with van der Waals surface area (Å²) in [6, 6.07) is 4.19. The number of pyridine rings is 1. The van der Waals surface area contributed by atoms with Crippen molar-refractivity contribution >= 4 is 34.5 Å². The van der Waals surface area contributed by atoms with Crippen molar-refractivity contribution in [1.82, 2.24) is 20.2 Å². The summed E-state index contributed by atoms with van der Waals surface area (Å²) < 4.78 is 41.7. The van der Waals surface area contributed by atoms with Crippen molar-refractivity contribution < 1.29 is 37.1 Å². The summed E-state index contributed by atoms with van der Waals surface area (Å²) in [7, 11) is 0. The molecule has 2 aromatic rings. The molecule has 0 aromatic carbocycles. The van der Waals surface area contributed by atoms with Gasteiger partial charge in [0.25, 0.3) is 5.91 Å². The molecule has 0 radical (unpaired) electrons. The lowest BCUT2D eigenvalue weighted by atomic mass is 9.83. The first-order valence-electron chi connectivity index (χ1n) is 12.0. The maximum atomic E-state index is 13.4. The summed E-state index contributed by atoms with van der Waals surface area (Å²) in [6.07, 6.45) is -2.21. The molecule has 2 aromatic heterocycles. The van der Waals surface area contributed by atoms with Gasteiger partial charge in [-0.3, -0.25) is 23.9 Å². The Morgan fingerprint density at radius 1 is 1.30 bits per heavy atom. The number of H-pyrrole nitrogens is 1. The number of alkyl halides is 3. The summed E-state index contributed by atoms with van der Waals surface area (Å²) in [4.78, 5) is 59.3. The molecule has 5 rings (SSSR count). The zero-order valence-corrected chi connectivity index (χ0v) is 19.7. The molecule has 0 bridgehead atoms. The van der Waals surface area contributed by atoms with Gasteiger partial charge in [0, 0.05) is 36.5 Å². The molecule has 3 amide bonds. The predicted molar refractivity (Wildman–Crippen MR) is 122 cm³/mol. The zero-order chi connectivity index (χ0) is 26.5. The molecule has 4 heterocycles. The smallest absolute Gasteiger partial charge is 0.368 e. The van der Waals surface area contributed by atoms with Gasteiger partial charge in [-0.25, -0.2) is 4.98 Å². The average molecular weight is 521 g/mol. The number of Topliss-reactive ketones (excluding diaryl/α,β-unsaturated/α-hetero) is 1. The van der Waals surface area contributed by atoms with E-state index in [1.807, 2.05) is 0 Å². The van der Waals surface area contributed by atoms with E-state index >= 15 is 0 Å². The molecule has 3 fully saturated rings. The topological polar surface area (TPSA) is 147 Å². The number of hydrogen-bond donors (Lipinski definition) is 3. The van der Waals surface area contributed by atoms with Crippen molar-refractivity contribution in [2.45, 2.75) is 38.1 Å². The van der Waals surface area contributed by atoms with Crippen LogP contribution in [0.15, 0.2) is 24.4 Å². The van der Waals surface area contributed by atoms with E-state index in [1.54, 1.807) is 24.4 Å². The van der Waals surface area contributed by atoms with Gasteiger partial charge in [0.05, 0.1) is 0 Å². The molecule has 1 aliphatic carbocycles. The minimum absolute atomic E-state index is 0.0845. The number of primary amides is 1.